The van der Waals surface area contributed by atoms with Crippen LogP contribution in [0, 0.1) is 0 Å². The van der Waals surface area contributed by atoms with Crippen LogP contribution in [0.4, 0.5) is 0 Å². The third-order valence-corrected chi connectivity index (χ3v) is 0.563. The van der Waals surface area contributed by atoms with E-state index in [1.54, 1.807) is 0 Å². The zero-order valence-electron chi connectivity index (χ0n) is 4.89. The van der Waals surface area contributed by atoms with E-state index in [0.29, 0.717) is 0 Å². The fourth-order valence-corrected chi connectivity index (χ4v) is 0.262. The Bertz CT molecular complexity index is 33.0. The van der Waals surface area contributed by atoms with Gasteiger partial charge in [-0.1, -0.05) is 23.2 Å². The number of halogens is 2. The van der Waals surface area contributed by atoms with Gasteiger partial charge in [0.1, 0.15) is 12.1 Å². The lowest BCUT2D eigenvalue weighted by atomic mass is 10.8. The number of hydrogen-bond donors (Lipinski definition) is 2. The van der Waals surface area contributed by atoms with E-state index < -0.39 is 0 Å². The maximum atomic E-state index is 7.62. The fraction of sp³-hybridized carbons (Fsp3) is 1.00. The zero-order chi connectivity index (χ0) is 7.54. The number of rotatable bonds is 3. The molecule has 0 aliphatic carbocycles. The van der Waals surface area contributed by atoms with Gasteiger partial charge in [-0.3, -0.25) is 0 Å². The molecule has 9 heavy (non-hydrogen) atoms. The van der Waals surface area contributed by atoms with Crippen molar-refractivity contribution in [3.8, 4) is 0 Å². The zero-order valence-corrected chi connectivity index (χ0v) is 6.40. The van der Waals surface area contributed by atoms with Gasteiger partial charge in [0, 0.05) is 0 Å². The predicted octanol–water partition coefficient (Wildman–Crippen LogP) is 0.367. The van der Waals surface area contributed by atoms with Crippen LogP contribution in [0.5, 0.6) is 0 Å². The normalized spacial score (nSPS) is 8.00. The van der Waals surface area contributed by atoms with Crippen molar-refractivity contribution in [1.82, 2.24) is 0 Å². The first-order valence-corrected chi connectivity index (χ1v) is 3.31. The van der Waals surface area contributed by atoms with E-state index in [9.17, 15) is 0 Å². The summed E-state index contributed by atoms with van der Waals surface area (Å²) in [6.07, 6.45) is 0. The molecule has 0 aromatic rings. The standard InChI is InChI=1S/C2H4Cl2O.C2H6O2/c3-1-5-2-4;3-1-2-4/h1-2H2;3-4H,1-2H2. The first kappa shape index (κ1) is 12.2. The van der Waals surface area contributed by atoms with Crippen molar-refractivity contribution in [2.45, 2.75) is 0 Å². The maximum absolute atomic E-state index is 7.62. The van der Waals surface area contributed by atoms with E-state index in [1.165, 1.54) is 0 Å². The third kappa shape index (κ3) is 29.5. The number of aliphatic hydroxyl groups excluding tert-OH is 2. The van der Waals surface area contributed by atoms with Gasteiger partial charge in [0.2, 0.25) is 0 Å². The van der Waals surface area contributed by atoms with Crippen molar-refractivity contribution in [1.29, 1.82) is 0 Å². The van der Waals surface area contributed by atoms with Crippen molar-refractivity contribution < 1.29 is 14.9 Å². The minimum absolute atomic E-state index is 0.125. The maximum Gasteiger partial charge on any atom is 0.122 e. The second kappa shape index (κ2) is 15.8. The van der Waals surface area contributed by atoms with Gasteiger partial charge in [-0.05, 0) is 0 Å². The Labute approximate surface area is 64.1 Å². The molecular weight excluding hydrogens is 167 g/mol. The summed E-state index contributed by atoms with van der Waals surface area (Å²) in [5, 5.41) is 15.2. The molecule has 0 unspecified atom stereocenters. The van der Waals surface area contributed by atoms with Gasteiger partial charge in [0.15, 0.2) is 0 Å². The minimum atomic E-state index is -0.125. The summed E-state index contributed by atoms with van der Waals surface area (Å²) >= 11 is 9.99. The Morgan fingerprint density at radius 3 is 1.33 bits per heavy atom. The average Bonchev–Trinajstić information content (AvgIpc) is 1.91. The molecule has 0 heterocycles. The highest BCUT2D eigenvalue weighted by Crippen LogP contribution is 1.79. The van der Waals surface area contributed by atoms with Crippen LogP contribution in [0.1, 0.15) is 0 Å². The highest BCUT2D eigenvalue weighted by Gasteiger charge is 1.68. The molecule has 0 spiro atoms. The molecule has 0 aliphatic heterocycles. The van der Waals surface area contributed by atoms with Gasteiger partial charge < -0.3 is 14.9 Å². The molecule has 0 atom stereocenters. The number of hydrogen-bond acceptors (Lipinski definition) is 3. The Morgan fingerprint density at radius 1 is 1.00 bits per heavy atom. The van der Waals surface area contributed by atoms with E-state index in [1.807, 2.05) is 0 Å². The largest absolute Gasteiger partial charge is 0.394 e. The lowest BCUT2D eigenvalue weighted by molar-refractivity contribution is 0.186. The second-order valence-electron chi connectivity index (χ2n) is 0.870. The average molecular weight is 177 g/mol. The number of ether oxygens (including phenoxy) is 1. The van der Waals surface area contributed by atoms with Crippen molar-refractivity contribution in [2.75, 3.05) is 25.3 Å². The minimum Gasteiger partial charge on any atom is -0.394 e. The van der Waals surface area contributed by atoms with Crippen molar-refractivity contribution in [3.05, 3.63) is 0 Å². The van der Waals surface area contributed by atoms with E-state index in [0.717, 1.165) is 0 Å². The van der Waals surface area contributed by atoms with Crippen LogP contribution in [0.25, 0.3) is 0 Å². The Morgan fingerprint density at radius 2 is 1.33 bits per heavy atom. The van der Waals surface area contributed by atoms with Crippen molar-refractivity contribution in [3.63, 3.8) is 0 Å². The van der Waals surface area contributed by atoms with Gasteiger partial charge >= 0.3 is 0 Å². The Kier molecular flexibility index (Phi) is 21.3. The molecule has 58 valence electrons. The SMILES string of the molecule is ClCOCCl.OCCO. The first-order chi connectivity index (χ1) is 4.33. The molecule has 0 rings (SSSR count). The van der Waals surface area contributed by atoms with Crippen LogP contribution in [-0.4, -0.2) is 35.6 Å². The summed E-state index contributed by atoms with van der Waals surface area (Å²) in [7, 11) is 0. The number of alkyl halides is 2. The molecule has 0 fully saturated rings. The molecule has 3 nitrogen and oxygen atoms in total. The first-order valence-electron chi connectivity index (χ1n) is 2.24. The predicted molar refractivity (Wildman–Crippen MR) is 36.7 cm³/mol. The summed E-state index contributed by atoms with van der Waals surface area (Å²) in [6.45, 7) is -0.250. The molecule has 0 aliphatic rings. The quantitative estimate of drug-likeness (QED) is 0.612. The summed E-state index contributed by atoms with van der Waals surface area (Å²) in [5.41, 5.74) is 0. The summed E-state index contributed by atoms with van der Waals surface area (Å²) in [6, 6.07) is 0.368. The van der Waals surface area contributed by atoms with Crippen LogP contribution in [0.2, 0.25) is 0 Å². The summed E-state index contributed by atoms with van der Waals surface area (Å²) < 4.78 is 4.36. The van der Waals surface area contributed by atoms with Crippen LogP contribution in [-0.2, 0) is 4.74 Å². The Hall–Kier alpha value is 0.460. The van der Waals surface area contributed by atoms with E-state index in [4.69, 9.17) is 33.4 Å². The lowest BCUT2D eigenvalue weighted by Gasteiger charge is -1.82. The number of aliphatic hydroxyl groups is 2. The van der Waals surface area contributed by atoms with Gasteiger partial charge in [-0.2, -0.15) is 0 Å². The highest BCUT2D eigenvalue weighted by molar-refractivity contribution is 6.18. The Balaban J connectivity index is 0. The molecule has 0 saturated carbocycles. The van der Waals surface area contributed by atoms with E-state index in [2.05, 4.69) is 4.74 Å². The molecule has 2 N–H and O–H groups in total. The fourth-order valence-electron chi connectivity index (χ4n) is 0.0292. The molecular formula is C4H10Cl2O3. The molecule has 0 radical (unpaired) electrons. The van der Waals surface area contributed by atoms with Gasteiger partial charge in [0.05, 0.1) is 13.2 Å². The van der Waals surface area contributed by atoms with E-state index in [-0.39, 0.29) is 25.3 Å². The smallest absolute Gasteiger partial charge is 0.122 e. The van der Waals surface area contributed by atoms with Crippen LogP contribution in [0.15, 0.2) is 0 Å². The molecule has 0 saturated heterocycles. The lowest BCUT2D eigenvalue weighted by Crippen LogP contribution is -1.85. The summed E-state index contributed by atoms with van der Waals surface area (Å²) in [4.78, 5) is 0. The third-order valence-electron chi connectivity index (χ3n) is 0.254. The molecule has 5 heteroatoms. The van der Waals surface area contributed by atoms with Crippen molar-refractivity contribution in [2.24, 2.45) is 0 Å². The van der Waals surface area contributed by atoms with E-state index >= 15 is 0 Å². The van der Waals surface area contributed by atoms with Crippen LogP contribution >= 0.6 is 23.2 Å². The van der Waals surface area contributed by atoms with Gasteiger partial charge in [-0.15, -0.1) is 0 Å². The molecule has 0 aromatic carbocycles. The summed E-state index contributed by atoms with van der Waals surface area (Å²) in [5.74, 6) is 0. The van der Waals surface area contributed by atoms with Gasteiger partial charge in [0.25, 0.3) is 0 Å². The van der Waals surface area contributed by atoms with Crippen LogP contribution in [0.3, 0.4) is 0 Å². The highest BCUT2D eigenvalue weighted by atomic mass is 35.5. The molecule has 0 bridgehead atoms. The van der Waals surface area contributed by atoms with Crippen molar-refractivity contribution >= 4 is 23.2 Å². The topological polar surface area (TPSA) is 49.7 Å². The molecule has 0 aromatic heterocycles. The van der Waals surface area contributed by atoms with Crippen LogP contribution < -0.4 is 0 Å². The van der Waals surface area contributed by atoms with Gasteiger partial charge in [-0.25, -0.2) is 0 Å². The monoisotopic (exact) mass is 176 g/mol. The second-order valence-corrected chi connectivity index (χ2v) is 1.31. The molecule has 0 amide bonds.